The Kier molecular flexibility index (Phi) is 6.09. The average molecular weight is 348 g/mol. The van der Waals surface area contributed by atoms with Crippen molar-refractivity contribution in [1.29, 1.82) is 0 Å². The first kappa shape index (κ1) is 17.9. The highest BCUT2D eigenvalue weighted by atomic mass is 16.5. The lowest BCUT2D eigenvalue weighted by Gasteiger charge is -2.36. The number of anilines is 2. The van der Waals surface area contributed by atoms with Gasteiger partial charge in [-0.3, -0.25) is 0 Å². The van der Waals surface area contributed by atoms with Crippen LogP contribution in [-0.4, -0.2) is 68.0 Å². The van der Waals surface area contributed by atoms with Gasteiger partial charge in [-0.05, 0) is 24.5 Å². The molecule has 1 N–H and O–H groups in total. The third-order valence-corrected chi connectivity index (χ3v) is 4.57. The number of carbonyl (C=O) groups excluding carboxylic acids is 1. The topological polar surface area (TPSA) is 66.9 Å². The van der Waals surface area contributed by atoms with Crippen LogP contribution in [0.2, 0.25) is 0 Å². The molecule has 1 atom stereocenters. The lowest BCUT2D eigenvalue weighted by molar-refractivity contribution is 0.00857. The van der Waals surface area contributed by atoms with Gasteiger partial charge in [-0.25, -0.2) is 9.78 Å². The van der Waals surface area contributed by atoms with Crippen molar-refractivity contribution in [1.82, 2.24) is 9.88 Å². The Labute approximate surface area is 149 Å². The third kappa shape index (κ3) is 4.83. The van der Waals surface area contributed by atoms with Crippen LogP contribution in [0.4, 0.5) is 16.3 Å². The maximum atomic E-state index is 12.7. The number of hydrogen-bond donors (Lipinski definition) is 1. The molecule has 0 radical (unpaired) electrons. The average Bonchev–Trinajstić information content (AvgIpc) is 2.63. The van der Waals surface area contributed by atoms with Gasteiger partial charge >= 0.3 is 6.03 Å². The van der Waals surface area contributed by atoms with Crippen LogP contribution in [0.5, 0.6) is 0 Å². The molecule has 0 bridgehead atoms. The highest BCUT2D eigenvalue weighted by Gasteiger charge is 2.28. The summed E-state index contributed by atoms with van der Waals surface area (Å²) in [5.41, 5.74) is 0.719. The van der Waals surface area contributed by atoms with E-state index in [0.717, 1.165) is 44.2 Å². The van der Waals surface area contributed by atoms with Crippen molar-refractivity contribution in [2.45, 2.75) is 26.3 Å². The molecule has 7 nitrogen and oxygen atoms in total. The molecule has 1 aromatic rings. The van der Waals surface area contributed by atoms with E-state index in [0.29, 0.717) is 25.7 Å². The monoisotopic (exact) mass is 348 g/mol. The second-order valence-corrected chi connectivity index (χ2v) is 6.99. The lowest BCUT2D eigenvalue weighted by atomic mass is 10.0. The molecular formula is C18H28N4O3. The Bertz CT molecular complexity index is 558. The molecule has 0 unspecified atom stereocenters. The molecule has 7 heteroatoms. The molecule has 2 saturated heterocycles. The predicted molar refractivity (Wildman–Crippen MR) is 97.1 cm³/mol. The molecule has 25 heavy (non-hydrogen) atoms. The Balaban J connectivity index is 1.59. The number of amides is 2. The Morgan fingerprint density at radius 1 is 1.24 bits per heavy atom. The molecule has 0 saturated carbocycles. The van der Waals surface area contributed by atoms with Gasteiger partial charge in [0.15, 0.2) is 0 Å². The number of pyridine rings is 1. The smallest absolute Gasteiger partial charge is 0.322 e. The van der Waals surface area contributed by atoms with Gasteiger partial charge < -0.3 is 24.6 Å². The van der Waals surface area contributed by atoms with E-state index in [1.54, 1.807) is 6.20 Å². The van der Waals surface area contributed by atoms with Crippen LogP contribution in [0.1, 0.15) is 20.3 Å². The number of nitrogens with one attached hydrogen (secondary N) is 1. The van der Waals surface area contributed by atoms with Gasteiger partial charge in [-0.2, -0.15) is 0 Å². The molecule has 2 amide bonds. The Morgan fingerprint density at radius 2 is 2.00 bits per heavy atom. The Hall–Kier alpha value is -1.86. The van der Waals surface area contributed by atoms with Gasteiger partial charge in [0.1, 0.15) is 5.82 Å². The minimum Gasteiger partial charge on any atom is -0.378 e. The largest absolute Gasteiger partial charge is 0.378 e. The quantitative estimate of drug-likeness (QED) is 0.903. The second kappa shape index (κ2) is 8.49. The molecule has 0 aromatic carbocycles. The van der Waals surface area contributed by atoms with E-state index in [1.807, 2.05) is 17.0 Å². The summed E-state index contributed by atoms with van der Waals surface area (Å²) >= 11 is 0. The van der Waals surface area contributed by atoms with E-state index >= 15 is 0 Å². The molecule has 2 aliphatic rings. The summed E-state index contributed by atoms with van der Waals surface area (Å²) in [6.45, 7) is 9.33. The molecule has 2 aliphatic heterocycles. The van der Waals surface area contributed by atoms with Gasteiger partial charge in [0.25, 0.3) is 0 Å². The number of morpholine rings is 2. The Morgan fingerprint density at radius 3 is 2.68 bits per heavy atom. The summed E-state index contributed by atoms with van der Waals surface area (Å²) in [6.07, 6.45) is 2.67. The fraction of sp³-hybridized carbons (Fsp3) is 0.667. The highest BCUT2D eigenvalue weighted by molar-refractivity contribution is 5.89. The van der Waals surface area contributed by atoms with E-state index in [1.165, 1.54) is 0 Å². The van der Waals surface area contributed by atoms with E-state index in [2.05, 4.69) is 29.0 Å². The van der Waals surface area contributed by atoms with Crippen molar-refractivity contribution in [3.05, 3.63) is 18.3 Å². The summed E-state index contributed by atoms with van der Waals surface area (Å²) in [5.74, 6) is 1.45. The van der Waals surface area contributed by atoms with E-state index in [-0.39, 0.29) is 12.1 Å². The number of nitrogens with zero attached hydrogens (tertiary/aromatic N) is 3. The van der Waals surface area contributed by atoms with Crippen LogP contribution in [0.25, 0.3) is 0 Å². The van der Waals surface area contributed by atoms with Crippen LogP contribution in [-0.2, 0) is 9.47 Å². The van der Waals surface area contributed by atoms with Gasteiger partial charge in [-0.1, -0.05) is 13.8 Å². The molecule has 3 rings (SSSR count). The number of rotatable bonds is 4. The maximum absolute atomic E-state index is 12.7. The molecule has 3 heterocycles. The number of urea groups is 1. The van der Waals surface area contributed by atoms with Crippen molar-refractivity contribution in [2.75, 3.05) is 56.3 Å². The van der Waals surface area contributed by atoms with Gasteiger partial charge in [0, 0.05) is 19.6 Å². The second-order valence-electron chi connectivity index (χ2n) is 6.99. The molecule has 0 spiro atoms. The lowest BCUT2D eigenvalue weighted by Crippen LogP contribution is -2.50. The van der Waals surface area contributed by atoms with Crippen LogP contribution >= 0.6 is 0 Å². The van der Waals surface area contributed by atoms with Crippen molar-refractivity contribution in [3.8, 4) is 0 Å². The minimum absolute atomic E-state index is 0.0742. The van der Waals surface area contributed by atoms with Crippen LogP contribution in [0, 0.1) is 5.92 Å². The van der Waals surface area contributed by atoms with Crippen molar-refractivity contribution >= 4 is 17.5 Å². The van der Waals surface area contributed by atoms with E-state index in [4.69, 9.17) is 9.47 Å². The third-order valence-electron chi connectivity index (χ3n) is 4.57. The maximum Gasteiger partial charge on any atom is 0.322 e. The van der Waals surface area contributed by atoms with Gasteiger partial charge in [0.05, 0.1) is 44.4 Å². The van der Waals surface area contributed by atoms with Crippen LogP contribution in [0.3, 0.4) is 0 Å². The van der Waals surface area contributed by atoms with Crippen LogP contribution < -0.4 is 10.2 Å². The molecule has 138 valence electrons. The first-order chi connectivity index (χ1) is 12.1. The van der Waals surface area contributed by atoms with Crippen molar-refractivity contribution in [3.63, 3.8) is 0 Å². The zero-order chi connectivity index (χ0) is 17.6. The standard InChI is InChI=1S/C18H28N4O3/c1-14(2)11-16-13-25-10-7-22(16)18(23)20-15-3-4-17(19-12-15)21-5-8-24-9-6-21/h3-4,12,14,16H,5-11,13H2,1-2H3,(H,20,23)/t16-/m0/s1. The zero-order valence-corrected chi connectivity index (χ0v) is 15.1. The number of aromatic nitrogens is 1. The zero-order valence-electron chi connectivity index (χ0n) is 15.1. The minimum atomic E-state index is -0.0742. The molecule has 1 aromatic heterocycles. The summed E-state index contributed by atoms with van der Waals surface area (Å²) in [7, 11) is 0. The van der Waals surface area contributed by atoms with E-state index in [9.17, 15) is 4.79 Å². The molecule has 0 aliphatic carbocycles. The van der Waals surface area contributed by atoms with Gasteiger partial charge in [0.2, 0.25) is 0 Å². The van der Waals surface area contributed by atoms with Gasteiger partial charge in [-0.15, -0.1) is 0 Å². The highest BCUT2D eigenvalue weighted by Crippen LogP contribution is 2.19. The van der Waals surface area contributed by atoms with E-state index < -0.39 is 0 Å². The first-order valence-corrected chi connectivity index (χ1v) is 9.07. The fourth-order valence-electron chi connectivity index (χ4n) is 3.30. The number of carbonyl (C=O) groups is 1. The first-order valence-electron chi connectivity index (χ1n) is 9.07. The summed E-state index contributed by atoms with van der Waals surface area (Å²) < 4.78 is 10.9. The summed E-state index contributed by atoms with van der Waals surface area (Å²) in [6, 6.07) is 3.92. The number of ether oxygens (including phenoxy) is 2. The molecular weight excluding hydrogens is 320 g/mol. The number of hydrogen-bond acceptors (Lipinski definition) is 5. The van der Waals surface area contributed by atoms with Crippen LogP contribution in [0.15, 0.2) is 18.3 Å². The summed E-state index contributed by atoms with van der Waals surface area (Å²) in [5, 5.41) is 2.97. The van der Waals surface area contributed by atoms with Crippen molar-refractivity contribution < 1.29 is 14.3 Å². The SMILES string of the molecule is CC(C)C[C@H]1COCCN1C(=O)Nc1ccc(N2CCOCC2)nc1. The molecule has 2 fully saturated rings. The normalized spacial score (nSPS) is 21.5. The fourth-order valence-corrected chi connectivity index (χ4v) is 3.30. The summed E-state index contributed by atoms with van der Waals surface area (Å²) in [4.78, 5) is 21.2. The predicted octanol–water partition coefficient (Wildman–Crippen LogP) is 2.20. The van der Waals surface area contributed by atoms with Crippen molar-refractivity contribution in [2.24, 2.45) is 5.92 Å².